The van der Waals surface area contributed by atoms with Crippen molar-refractivity contribution in [2.24, 2.45) is 11.8 Å². The number of carbonyl (C=O) groups is 4. The molecule has 1 fully saturated rings. The zero-order valence-electron chi connectivity index (χ0n) is 22.1. The van der Waals surface area contributed by atoms with E-state index in [9.17, 15) is 19.2 Å². The number of anilines is 1. The standard InChI is InChI=1S/C32H28Cl2N2O5/c33-22-13-8-14-23(30(22)34)35-24(37)17-41-25(38)15-2-1-7-16-36-31(39)28-26-18-9-3-4-10-19(18)27(29(28)32(36)40)21-12-6-5-11-20(21)26/h3-6,8-14,26-29H,1-2,7,15-17H2,(H,35,37)/t26?,27?,28-,29-/m0/s1. The second-order valence-electron chi connectivity index (χ2n) is 10.7. The number of ether oxygens (including phenoxy) is 1. The zero-order chi connectivity index (χ0) is 28.7. The number of rotatable bonds is 9. The van der Waals surface area contributed by atoms with E-state index in [4.69, 9.17) is 27.9 Å². The number of esters is 1. The summed E-state index contributed by atoms with van der Waals surface area (Å²) in [4.78, 5) is 52.9. The molecular formula is C32H28Cl2N2O5. The van der Waals surface area contributed by atoms with Crippen LogP contribution in [0.1, 0.15) is 59.8 Å². The Balaban J connectivity index is 0.999. The van der Waals surface area contributed by atoms with Gasteiger partial charge in [-0.05, 0) is 47.2 Å². The van der Waals surface area contributed by atoms with E-state index in [0.717, 1.165) is 22.3 Å². The number of hydrogen-bond donors (Lipinski definition) is 1. The van der Waals surface area contributed by atoms with Gasteiger partial charge in [0.2, 0.25) is 11.8 Å². The molecule has 3 aromatic carbocycles. The summed E-state index contributed by atoms with van der Waals surface area (Å²) < 4.78 is 5.07. The van der Waals surface area contributed by atoms with Crippen molar-refractivity contribution in [3.05, 3.63) is 99.0 Å². The average molecular weight is 591 g/mol. The summed E-state index contributed by atoms with van der Waals surface area (Å²) in [7, 11) is 0. The van der Waals surface area contributed by atoms with Gasteiger partial charge in [-0.15, -0.1) is 0 Å². The molecule has 2 atom stereocenters. The molecule has 1 saturated heterocycles. The van der Waals surface area contributed by atoms with Crippen LogP contribution < -0.4 is 5.32 Å². The monoisotopic (exact) mass is 590 g/mol. The molecule has 9 heteroatoms. The summed E-state index contributed by atoms with van der Waals surface area (Å²) in [6.45, 7) is -0.108. The van der Waals surface area contributed by atoms with Gasteiger partial charge in [0, 0.05) is 24.8 Å². The molecular weight excluding hydrogens is 563 g/mol. The molecule has 2 bridgehead atoms. The minimum atomic E-state index is -0.520. The van der Waals surface area contributed by atoms with Gasteiger partial charge in [0.25, 0.3) is 5.91 Å². The van der Waals surface area contributed by atoms with E-state index in [-0.39, 0.29) is 46.9 Å². The van der Waals surface area contributed by atoms with Gasteiger partial charge in [0.1, 0.15) is 0 Å². The average Bonchev–Trinajstić information content (AvgIpc) is 3.23. The molecule has 3 aliphatic carbocycles. The first-order valence-electron chi connectivity index (χ1n) is 13.8. The number of hydrogen-bond acceptors (Lipinski definition) is 5. The molecule has 1 heterocycles. The number of imide groups is 1. The van der Waals surface area contributed by atoms with E-state index in [1.165, 1.54) is 4.90 Å². The Hall–Kier alpha value is -3.68. The van der Waals surface area contributed by atoms with Gasteiger partial charge in [-0.25, -0.2) is 0 Å². The molecule has 7 nitrogen and oxygen atoms in total. The third kappa shape index (κ3) is 4.91. The summed E-state index contributed by atoms with van der Waals surface area (Å²) in [6, 6.07) is 21.2. The number of halogens is 2. The molecule has 0 radical (unpaired) electrons. The summed E-state index contributed by atoms with van der Waals surface area (Å²) in [5.74, 6) is -2.17. The van der Waals surface area contributed by atoms with Gasteiger partial charge < -0.3 is 10.1 Å². The van der Waals surface area contributed by atoms with E-state index >= 15 is 0 Å². The summed E-state index contributed by atoms with van der Waals surface area (Å²) >= 11 is 12.0. The Morgan fingerprint density at radius 1 is 0.756 bits per heavy atom. The predicted octanol–water partition coefficient (Wildman–Crippen LogP) is 5.93. The highest BCUT2D eigenvalue weighted by Crippen LogP contribution is 2.60. The number of benzene rings is 3. The van der Waals surface area contributed by atoms with Gasteiger partial charge in [0.05, 0.1) is 27.6 Å². The molecule has 0 aromatic heterocycles. The molecule has 41 heavy (non-hydrogen) atoms. The van der Waals surface area contributed by atoms with Crippen molar-refractivity contribution in [1.82, 2.24) is 4.90 Å². The molecule has 7 rings (SSSR count). The van der Waals surface area contributed by atoms with Crippen LogP contribution in [-0.4, -0.2) is 41.7 Å². The molecule has 3 amide bonds. The Morgan fingerprint density at radius 2 is 1.32 bits per heavy atom. The van der Waals surface area contributed by atoms with Gasteiger partial charge in [-0.1, -0.05) is 84.2 Å². The smallest absolute Gasteiger partial charge is 0.306 e. The fourth-order valence-electron chi connectivity index (χ4n) is 6.68. The lowest BCUT2D eigenvalue weighted by molar-refractivity contribution is -0.147. The molecule has 210 valence electrons. The summed E-state index contributed by atoms with van der Waals surface area (Å²) in [5, 5.41) is 3.08. The van der Waals surface area contributed by atoms with Crippen molar-refractivity contribution >= 4 is 52.6 Å². The Labute approximate surface area is 247 Å². The largest absolute Gasteiger partial charge is 0.456 e. The van der Waals surface area contributed by atoms with Gasteiger partial charge in [-0.2, -0.15) is 0 Å². The first-order valence-corrected chi connectivity index (χ1v) is 14.5. The summed E-state index contributed by atoms with van der Waals surface area (Å²) in [6.07, 6.45) is 1.88. The first-order chi connectivity index (χ1) is 19.9. The number of likely N-dealkylation sites (tertiary alicyclic amines) is 1. The highest BCUT2D eigenvalue weighted by atomic mass is 35.5. The quantitative estimate of drug-likeness (QED) is 0.189. The third-order valence-electron chi connectivity index (χ3n) is 8.39. The number of nitrogens with zero attached hydrogens (tertiary/aromatic N) is 1. The van der Waals surface area contributed by atoms with Crippen LogP contribution in [0.5, 0.6) is 0 Å². The molecule has 1 aliphatic heterocycles. The summed E-state index contributed by atoms with van der Waals surface area (Å²) in [5.41, 5.74) is 4.96. The molecule has 0 unspecified atom stereocenters. The zero-order valence-corrected chi connectivity index (χ0v) is 23.7. The van der Waals surface area contributed by atoms with Gasteiger partial charge >= 0.3 is 5.97 Å². The van der Waals surface area contributed by atoms with Crippen molar-refractivity contribution in [3.63, 3.8) is 0 Å². The van der Waals surface area contributed by atoms with Crippen LogP contribution in [0.25, 0.3) is 0 Å². The van der Waals surface area contributed by atoms with Crippen LogP contribution in [0, 0.1) is 11.8 Å². The number of carbonyl (C=O) groups excluding carboxylic acids is 4. The lowest BCUT2D eigenvalue weighted by Crippen LogP contribution is -2.41. The molecule has 0 saturated carbocycles. The van der Waals surface area contributed by atoms with Gasteiger partial charge in [0.15, 0.2) is 6.61 Å². The highest BCUT2D eigenvalue weighted by molar-refractivity contribution is 6.44. The van der Waals surface area contributed by atoms with E-state index < -0.39 is 18.5 Å². The fourth-order valence-corrected chi connectivity index (χ4v) is 7.03. The van der Waals surface area contributed by atoms with E-state index in [0.29, 0.717) is 36.5 Å². The van der Waals surface area contributed by atoms with Crippen molar-refractivity contribution in [1.29, 1.82) is 0 Å². The molecule has 0 spiro atoms. The maximum absolute atomic E-state index is 13.6. The number of nitrogens with one attached hydrogen (secondary N) is 1. The second-order valence-corrected chi connectivity index (χ2v) is 11.5. The van der Waals surface area contributed by atoms with Crippen molar-refractivity contribution in [3.8, 4) is 0 Å². The lowest BCUT2D eigenvalue weighted by Gasteiger charge is -2.45. The number of amides is 3. The van der Waals surface area contributed by atoms with Crippen molar-refractivity contribution in [2.45, 2.75) is 37.5 Å². The van der Waals surface area contributed by atoms with Crippen LogP contribution in [0.3, 0.4) is 0 Å². The minimum Gasteiger partial charge on any atom is -0.456 e. The Kier molecular flexibility index (Phi) is 7.58. The molecule has 4 aliphatic rings. The predicted molar refractivity (Wildman–Crippen MR) is 155 cm³/mol. The van der Waals surface area contributed by atoms with Gasteiger partial charge in [-0.3, -0.25) is 24.1 Å². The maximum Gasteiger partial charge on any atom is 0.306 e. The van der Waals surface area contributed by atoms with E-state index in [1.807, 2.05) is 24.3 Å². The van der Waals surface area contributed by atoms with Crippen LogP contribution in [0.4, 0.5) is 5.69 Å². The molecule has 1 N–H and O–H groups in total. The van der Waals surface area contributed by atoms with Crippen LogP contribution in [0.15, 0.2) is 66.7 Å². The van der Waals surface area contributed by atoms with E-state index in [1.54, 1.807) is 18.2 Å². The SMILES string of the molecule is O=C(COC(=O)CCCCCN1C(=O)[C@H]2C3c4ccccc4C(c4ccccc43)[C@@H]2C1=O)Nc1cccc(Cl)c1Cl. The Morgan fingerprint density at radius 3 is 1.88 bits per heavy atom. The van der Waals surface area contributed by atoms with Crippen LogP contribution >= 0.6 is 23.2 Å². The molecule has 3 aromatic rings. The van der Waals surface area contributed by atoms with E-state index in [2.05, 4.69) is 29.6 Å². The highest BCUT2D eigenvalue weighted by Gasteiger charge is 2.61. The van der Waals surface area contributed by atoms with Crippen molar-refractivity contribution in [2.75, 3.05) is 18.5 Å². The second kappa shape index (κ2) is 11.3. The topological polar surface area (TPSA) is 92.8 Å². The normalized spacial score (nSPS) is 21.8. The number of unbranched alkanes of at least 4 members (excludes halogenated alkanes) is 2. The maximum atomic E-state index is 13.6. The fraction of sp³-hybridized carbons (Fsp3) is 0.312. The first kappa shape index (κ1) is 27.5. The lowest BCUT2D eigenvalue weighted by atomic mass is 9.55. The minimum absolute atomic E-state index is 0.0933. The van der Waals surface area contributed by atoms with Crippen LogP contribution in [-0.2, 0) is 23.9 Å². The third-order valence-corrected chi connectivity index (χ3v) is 9.21. The van der Waals surface area contributed by atoms with Crippen molar-refractivity contribution < 1.29 is 23.9 Å². The van der Waals surface area contributed by atoms with Crippen LogP contribution in [0.2, 0.25) is 10.0 Å². The Bertz CT molecular complexity index is 1440.